The van der Waals surface area contributed by atoms with E-state index in [4.69, 9.17) is 0 Å². The van der Waals surface area contributed by atoms with Crippen LogP contribution in [0.25, 0.3) is 0 Å². The molecule has 1 fully saturated rings. The van der Waals surface area contributed by atoms with E-state index in [9.17, 15) is 4.79 Å². The van der Waals surface area contributed by atoms with E-state index in [-0.39, 0.29) is 0 Å². The number of carbonyl (C=O) groups is 1. The van der Waals surface area contributed by atoms with E-state index in [0.29, 0.717) is 11.8 Å². The van der Waals surface area contributed by atoms with Crippen molar-refractivity contribution in [2.24, 2.45) is 11.8 Å². The highest BCUT2D eigenvalue weighted by molar-refractivity contribution is 7.09. The van der Waals surface area contributed by atoms with Crippen LogP contribution in [0, 0.1) is 11.8 Å². The molecule has 2 rings (SSSR count). The molecule has 1 unspecified atom stereocenters. The summed E-state index contributed by atoms with van der Waals surface area (Å²) in [5.74, 6) is 0.994. The third-order valence-electron chi connectivity index (χ3n) is 2.42. The van der Waals surface area contributed by atoms with Crippen molar-refractivity contribution in [3.63, 3.8) is 0 Å². The summed E-state index contributed by atoms with van der Waals surface area (Å²) in [5.41, 5.74) is 0. The summed E-state index contributed by atoms with van der Waals surface area (Å²) in [6.07, 6.45) is 4.62. The third-order valence-corrected chi connectivity index (χ3v) is 3.32. The molecule has 2 heteroatoms. The zero-order valence-electron chi connectivity index (χ0n) is 6.90. The van der Waals surface area contributed by atoms with Crippen LogP contribution < -0.4 is 0 Å². The van der Waals surface area contributed by atoms with E-state index in [0.717, 1.165) is 12.7 Å². The van der Waals surface area contributed by atoms with E-state index in [1.165, 1.54) is 17.7 Å². The molecule has 1 atom stereocenters. The first-order valence-corrected chi connectivity index (χ1v) is 5.26. The fourth-order valence-corrected chi connectivity index (χ4v) is 2.29. The Bertz CT molecular complexity index is 249. The van der Waals surface area contributed by atoms with E-state index in [1.807, 2.05) is 0 Å². The molecule has 0 saturated heterocycles. The molecule has 0 aliphatic heterocycles. The van der Waals surface area contributed by atoms with Crippen molar-refractivity contribution in [1.29, 1.82) is 0 Å². The molecule has 1 aliphatic carbocycles. The molecular formula is C10H12OS. The van der Waals surface area contributed by atoms with E-state index in [1.54, 1.807) is 11.3 Å². The summed E-state index contributed by atoms with van der Waals surface area (Å²) in [5, 5.41) is 2.07. The molecule has 0 spiro atoms. The van der Waals surface area contributed by atoms with Crippen molar-refractivity contribution in [1.82, 2.24) is 0 Å². The van der Waals surface area contributed by atoms with Crippen molar-refractivity contribution in [3.8, 4) is 0 Å². The van der Waals surface area contributed by atoms with Crippen LogP contribution in [0.2, 0.25) is 0 Å². The number of rotatable bonds is 4. The quantitative estimate of drug-likeness (QED) is 0.651. The first-order valence-electron chi connectivity index (χ1n) is 4.38. The highest BCUT2D eigenvalue weighted by atomic mass is 32.1. The van der Waals surface area contributed by atoms with Crippen LogP contribution in [-0.2, 0) is 11.2 Å². The van der Waals surface area contributed by atoms with Crippen LogP contribution in [0.1, 0.15) is 17.7 Å². The van der Waals surface area contributed by atoms with Crippen molar-refractivity contribution >= 4 is 17.6 Å². The van der Waals surface area contributed by atoms with Gasteiger partial charge in [0, 0.05) is 10.8 Å². The van der Waals surface area contributed by atoms with Gasteiger partial charge in [0.2, 0.25) is 0 Å². The van der Waals surface area contributed by atoms with Gasteiger partial charge in [-0.1, -0.05) is 6.07 Å². The minimum absolute atomic E-state index is 0.295. The summed E-state index contributed by atoms with van der Waals surface area (Å²) < 4.78 is 0. The zero-order chi connectivity index (χ0) is 8.39. The Balaban J connectivity index is 1.95. The molecule has 0 radical (unpaired) electrons. The van der Waals surface area contributed by atoms with Crippen molar-refractivity contribution in [3.05, 3.63) is 22.4 Å². The number of carbonyl (C=O) groups excluding carboxylic acids is 1. The Morgan fingerprint density at radius 2 is 2.50 bits per heavy atom. The maximum atomic E-state index is 10.7. The predicted molar refractivity (Wildman–Crippen MR) is 50.3 cm³/mol. The van der Waals surface area contributed by atoms with E-state index < -0.39 is 0 Å². The molecule has 12 heavy (non-hydrogen) atoms. The summed E-state index contributed by atoms with van der Waals surface area (Å²) in [4.78, 5) is 12.1. The first-order chi connectivity index (χ1) is 5.90. The van der Waals surface area contributed by atoms with Gasteiger partial charge in [-0.05, 0) is 36.6 Å². The first kappa shape index (κ1) is 7.99. The maximum Gasteiger partial charge on any atom is 0.123 e. The minimum atomic E-state index is 0.295. The molecule has 1 heterocycles. The standard InChI is InChI=1S/C10H12OS/c11-7-9(8-3-4-8)6-10-2-1-5-12-10/h1-2,5,7-9H,3-4,6H2. The molecule has 0 N–H and O–H groups in total. The van der Waals surface area contributed by atoms with Crippen LogP contribution in [0.3, 0.4) is 0 Å². The lowest BCUT2D eigenvalue weighted by Gasteiger charge is -2.05. The Hall–Kier alpha value is -0.630. The van der Waals surface area contributed by atoms with Crippen molar-refractivity contribution in [2.45, 2.75) is 19.3 Å². The summed E-state index contributed by atoms with van der Waals surface area (Å²) >= 11 is 1.75. The Morgan fingerprint density at radius 1 is 1.67 bits per heavy atom. The van der Waals surface area contributed by atoms with Crippen LogP contribution in [-0.4, -0.2) is 6.29 Å². The summed E-state index contributed by atoms with van der Waals surface area (Å²) in [6.45, 7) is 0. The Morgan fingerprint density at radius 3 is 3.00 bits per heavy atom. The minimum Gasteiger partial charge on any atom is -0.303 e. The molecule has 0 aromatic carbocycles. The predicted octanol–water partition coefficient (Wildman–Crippen LogP) is 2.52. The molecule has 1 saturated carbocycles. The topological polar surface area (TPSA) is 17.1 Å². The molecular weight excluding hydrogens is 168 g/mol. The molecule has 0 bridgehead atoms. The van der Waals surface area contributed by atoms with Gasteiger partial charge < -0.3 is 4.79 Å². The van der Waals surface area contributed by atoms with Crippen LogP contribution >= 0.6 is 11.3 Å². The molecule has 1 aromatic rings. The molecule has 1 aromatic heterocycles. The lowest BCUT2D eigenvalue weighted by Crippen LogP contribution is -2.07. The maximum absolute atomic E-state index is 10.7. The molecule has 1 aliphatic rings. The van der Waals surface area contributed by atoms with Crippen molar-refractivity contribution in [2.75, 3.05) is 0 Å². The smallest absolute Gasteiger partial charge is 0.123 e. The zero-order valence-corrected chi connectivity index (χ0v) is 7.72. The van der Waals surface area contributed by atoms with Crippen LogP contribution in [0.5, 0.6) is 0 Å². The largest absolute Gasteiger partial charge is 0.303 e. The highest BCUT2D eigenvalue weighted by Crippen LogP contribution is 2.37. The van der Waals surface area contributed by atoms with Crippen LogP contribution in [0.15, 0.2) is 17.5 Å². The van der Waals surface area contributed by atoms with Gasteiger partial charge in [-0.15, -0.1) is 11.3 Å². The Labute approximate surface area is 76.4 Å². The summed E-state index contributed by atoms with van der Waals surface area (Å²) in [7, 11) is 0. The van der Waals surface area contributed by atoms with E-state index in [2.05, 4.69) is 17.5 Å². The Kier molecular flexibility index (Phi) is 2.26. The van der Waals surface area contributed by atoms with E-state index >= 15 is 0 Å². The number of thiophene rings is 1. The van der Waals surface area contributed by atoms with Gasteiger partial charge in [-0.3, -0.25) is 0 Å². The normalized spacial score (nSPS) is 19.0. The van der Waals surface area contributed by atoms with Crippen LogP contribution in [0.4, 0.5) is 0 Å². The second kappa shape index (κ2) is 3.40. The lowest BCUT2D eigenvalue weighted by molar-refractivity contribution is -0.111. The van der Waals surface area contributed by atoms with Gasteiger partial charge in [0.25, 0.3) is 0 Å². The van der Waals surface area contributed by atoms with Gasteiger partial charge in [0.1, 0.15) is 6.29 Å². The van der Waals surface area contributed by atoms with Gasteiger partial charge in [0.05, 0.1) is 0 Å². The highest BCUT2D eigenvalue weighted by Gasteiger charge is 2.30. The number of hydrogen-bond donors (Lipinski definition) is 0. The average Bonchev–Trinajstić information content (AvgIpc) is 2.80. The third kappa shape index (κ3) is 1.75. The second-order valence-corrected chi connectivity index (χ2v) is 4.45. The number of aldehydes is 1. The monoisotopic (exact) mass is 180 g/mol. The van der Waals surface area contributed by atoms with Gasteiger partial charge in [-0.25, -0.2) is 0 Å². The molecule has 64 valence electrons. The second-order valence-electron chi connectivity index (χ2n) is 3.42. The fraction of sp³-hybridized carbons (Fsp3) is 0.500. The van der Waals surface area contributed by atoms with Crippen molar-refractivity contribution < 1.29 is 4.79 Å². The van der Waals surface area contributed by atoms with Gasteiger partial charge in [-0.2, -0.15) is 0 Å². The SMILES string of the molecule is O=CC(Cc1cccs1)C1CC1. The summed E-state index contributed by atoms with van der Waals surface area (Å²) in [6, 6.07) is 4.16. The van der Waals surface area contributed by atoms with Gasteiger partial charge >= 0.3 is 0 Å². The van der Waals surface area contributed by atoms with Gasteiger partial charge in [0.15, 0.2) is 0 Å². The number of hydrogen-bond acceptors (Lipinski definition) is 2. The molecule has 0 amide bonds. The molecule has 1 nitrogen and oxygen atoms in total. The average molecular weight is 180 g/mol. The lowest BCUT2D eigenvalue weighted by atomic mass is 10.0. The fourth-order valence-electron chi connectivity index (χ4n) is 1.51.